The van der Waals surface area contributed by atoms with E-state index in [4.69, 9.17) is 16.3 Å². The number of rotatable bonds is 5. The maximum atomic E-state index is 12.1. The first-order valence-corrected chi connectivity index (χ1v) is 9.14. The fraction of sp³-hybridized carbons (Fsp3) is 0.579. The molecule has 5 heteroatoms. The second kappa shape index (κ2) is 7.44. The highest BCUT2D eigenvalue weighted by Gasteiger charge is 2.38. The first-order chi connectivity index (χ1) is 11.6. The van der Waals surface area contributed by atoms with Gasteiger partial charge >= 0.3 is 0 Å². The molecule has 0 unspecified atom stereocenters. The zero-order valence-corrected chi connectivity index (χ0v) is 14.6. The van der Waals surface area contributed by atoms with Crippen LogP contribution in [0.15, 0.2) is 18.2 Å². The van der Waals surface area contributed by atoms with Gasteiger partial charge in [-0.1, -0.05) is 30.9 Å². The van der Waals surface area contributed by atoms with Crippen molar-refractivity contribution in [2.75, 3.05) is 6.61 Å². The van der Waals surface area contributed by atoms with Crippen molar-refractivity contribution in [2.45, 2.75) is 62.8 Å². The van der Waals surface area contributed by atoms with Gasteiger partial charge in [0.15, 0.2) is 6.61 Å². The predicted molar refractivity (Wildman–Crippen MR) is 93.1 cm³/mol. The summed E-state index contributed by atoms with van der Waals surface area (Å²) in [7, 11) is 0. The third-order valence-electron chi connectivity index (χ3n) is 5.18. The number of hydrogen-bond acceptors (Lipinski definition) is 3. The van der Waals surface area contributed by atoms with Gasteiger partial charge in [0, 0.05) is 5.02 Å². The van der Waals surface area contributed by atoms with Gasteiger partial charge in [0.2, 0.25) is 0 Å². The van der Waals surface area contributed by atoms with E-state index in [1.807, 2.05) is 12.1 Å². The molecule has 0 aromatic heterocycles. The number of nitrogens with one attached hydrogen (secondary N) is 1. The lowest BCUT2D eigenvalue weighted by Gasteiger charge is -2.35. The number of hydrogen-bond donors (Lipinski definition) is 1. The molecule has 0 atom stereocenters. The van der Waals surface area contributed by atoms with Gasteiger partial charge in [-0.05, 0) is 61.8 Å². The molecule has 1 aromatic rings. The van der Waals surface area contributed by atoms with Gasteiger partial charge in [0.1, 0.15) is 11.3 Å². The Kier molecular flexibility index (Phi) is 5.30. The number of nitrogens with zero attached hydrogens (tertiary/aromatic N) is 1. The number of ether oxygens (including phenoxy) is 1. The summed E-state index contributed by atoms with van der Waals surface area (Å²) in [5.41, 5.74) is 0.431. The molecule has 4 nitrogen and oxygen atoms in total. The molecule has 3 rings (SSSR count). The van der Waals surface area contributed by atoms with Gasteiger partial charge < -0.3 is 10.1 Å². The first-order valence-electron chi connectivity index (χ1n) is 8.76. The SMILES string of the molecule is N#CC1(NC(=O)COc2ccc(Cl)cc2C2CCCCC2)CCC1. The van der Waals surface area contributed by atoms with Gasteiger partial charge in [0.05, 0.1) is 6.07 Å². The Labute approximate surface area is 148 Å². The Balaban J connectivity index is 1.64. The lowest BCUT2D eigenvalue weighted by molar-refractivity contribution is -0.125. The van der Waals surface area contributed by atoms with Crippen molar-refractivity contribution in [1.82, 2.24) is 5.32 Å². The van der Waals surface area contributed by atoms with E-state index in [2.05, 4.69) is 11.4 Å². The Bertz CT molecular complexity index is 643. The number of amides is 1. The van der Waals surface area contributed by atoms with Crippen molar-refractivity contribution in [1.29, 1.82) is 5.26 Å². The fourth-order valence-electron chi connectivity index (χ4n) is 3.62. The van der Waals surface area contributed by atoms with E-state index < -0.39 is 5.54 Å². The van der Waals surface area contributed by atoms with Gasteiger partial charge in [-0.3, -0.25) is 4.79 Å². The topological polar surface area (TPSA) is 62.1 Å². The van der Waals surface area contributed by atoms with E-state index >= 15 is 0 Å². The first kappa shape index (κ1) is 17.1. The summed E-state index contributed by atoms with van der Waals surface area (Å²) in [4.78, 5) is 12.1. The highest BCUT2D eigenvalue weighted by molar-refractivity contribution is 6.30. The molecule has 0 bridgehead atoms. The number of halogens is 1. The maximum absolute atomic E-state index is 12.1. The van der Waals surface area contributed by atoms with Crippen molar-refractivity contribution in [3.8, 4) is 11.8 Å². The molecule has 0 aliphatic heterocycles. The molecule has 0 heterocycles. The van der Waals surface area contributed by atoms with Crippen molar-refractivity contribution >= 4 is 17.5 Å². The number of benzene rings is 1. The summed E-state index contributed by atoms with van der Waals surface area (Å²) in [6, 6.07) is 7.82. The van der Waals surface area contributed by atoms with Gasteiger partial charge in [0.25, 0.3) is 5.91 Å². The molecule has 0 saturated heterocycles. The molecule has 24 heavy (non-hydrogen) atoms. The van der Waals surface area contributed by atoms with Gasteiger partial charge in [-0.15, -0.1) is 0 Å². The van der Waals surface area contributed by atoms with Crippen LogP contribution in [0.4, 0.5) is 0 Å². The Morgan fingerprint density at radius 1 is 1.29 bits per heavy atom. The third-order valence-corrected chi connectivity index (χ3v) is 5.41. The lowest BCUT2D eigenvalue weighted by atomic mass is 9.78. The Hall–Kier alpha value is -1.73. The van der Waals surface area contributed by atoms with Crippen molar-refractivity contribution in [3.05, 3.63) is 28.8 Å². The molecule has 1 aromatic carbocycles. The predicted octanol–water partition coefficient (Wildman–Crippen LogP) is 4.33. The molecule has 1 amide bonds. The second-order valence-corrected chi connectivity index (χ2v) is 7.34. The Morgan fingerprint density at radius 3 is 2.67 bits per heavy atom. The molecule has 2 aliphatic rings. The molecule has 1 N–H and O–H groups in total. The minimum Gasteiger partial charge on any atom is -0.483 e. The van der Waals surface area contributed by atoms with Crippen LogP contribution in [-0.4, -0.2) is 18.1 Å². The maximum Gasteiger partial charge on any atom is 0.259 e. The summed E-state index contributed by atoms with van der Waals surface area (Å²) >= 11 is 6.16. The molecule has 128 valence electrons. The van der Waals surface area contributed by atoms with Crippen molar-refractivity contribution in [2.24, 2.45) is 0 Å². The second-order valence-electron chi connectivity index (χ2n) is 6.90. The van der Waals surface area contributed by atoms with Gasteiger partial charge in [-0.2, -0.15) is 5.26 Å². The van der Waals surface area contributed by atoms with Crippen LogP contribution < -0.4 is 10.1 Å². The summed E-state index contributed by atoms with van der Waals surface area (Å²) < 4.78 is 5.79. The van der Waals surface area contributed by atoms with Crippen LogP contribution in [0.2, 0.25) is 5.02 Å². The highest BCUT2D eigenvalue weighted by Crippen LogP contribution is 2.38. The zero-order valence-electron chi connectivity index (χ0n) is 13.8. The molecule has 0 radical (unpaired) electrons. The van der Waals surface area contributed by atoms with Crippen LogP contribution in [0.25, 0.3) is 0 Å². The molecule has 0 spiro atoms. The standard InChI is InChI=1S/C19H23ClN2O2/c20-15-7-8-17(16(11-15)14-5-2-1-3-6-14)24-12-18(23)22-19(13-21)9-4-10-19/h7-8,11,14H,1-6,9-10,12H2,(H,22,23). The summed E-state index contributed by atoms with van der Waals surface area (Å²) in [5.74, 6) is 0.953. The molecular formula is C19H23ClN2O2. The molecular weight excluding hydrogens is 324 g/mol. The summed E-state index contributed by atoms with van der Waals surface area (Å²) in [5, 5.41) is 12.7. The summed E-state index contributed by atoms with van der Waals surface area (Å²) in [6.07, 6.45) is 8.45. The highest BCUT2D eigenvalue weighted by atomic mass is 35.5. The number of nitriles is 1. The smallest absolute Gasteiger partial charge is 0.259 e. The number of carbonyl (C=O) groups is 1. The van der Waals surface area contributed by atoms with E-state index in [0.717, 1.165) is 43.4 Å². The molecule has 2 aliphatic carbocycles. The minimum atomic E-state index is -0.674. The van der Waals surface area contributed by atoms with E-state index in [-0.39, 0.29) is 12.5 Å². The van der Waals surface area contributed by atoms with E-state index in [1.54, 1.807) is 6.07 Å². The average Bonchev–Trinajstić information content (AvgIpc) is 2.58. The molecule has 2 fully saturated rings. The average molecular weight is 347 g/mol. The quantitative estimate of drug-likeness (QED) is 0.863. The van der Waals surface area contributed by atoms with Crippen LogP contribution in [0.3, 0.4) is 0 Å². The van der Waals surface area contributed by atoms with Crippen LogP contribution in [0.5, 0.6) is 5.75 Å². The van der Waals surface area contributed by atoms with E-state index in [1.165, 1.54) is 19.3 Å². The zero-order chi connectivity index (χ0) is 17.0. The van der Waals surface area contributed by atoms with Crippen molar-refractivity contribution < 1.29 is 9.53 Å². The summed E-state index contributed by atoms with van der Waals surface area (Å²) in [6.45, 7) is -0.0647. The lowest BCUT2D eigenvalue weighted by Crippen LogP contribution is -2.53. The van der Waals surface area contributed by atoms with Crippen LogP contribution in [0, 0.1) is 11.3 Å². The molecule has 2 saturated carbocycles. The third kappa shape index (κ3) is 3.84. The van der Waals surface area contributed by atoms with Crippen LogP contribution >= 0.6 is 11.6 Å². The van der Waals surface area contributed by atoms with Crippen molar-refractivity contribution in [3.63, 3.8) is 0 Å². The van der Waals surface area contributed by atoms with Crippen LogP contribution in [-0.2, 0) is 4.79 Å². The monoisotopic (exact) mass is 346 g/mol. The van der Waals surface area contributed by atoms with E-state index in [0.29, 0.717) is 10.9 Å². The minimum absolute atomic E-state index is 0.0647. The largest absolute Gasteiger partial charge is 0.483 e. The van der Waals surface area contributed by atoms with Crippen LogP contribution in [0.1, 0.15) is 62.8 Å². The van der Waals surface area contributed by atoms with E-state index in [9.17, 15) is 10.1 Å². The normalized spacial score (nSPS) is 19.8. The number of carbonyl (C=O) groups excluding carboxylic acids is 1. The van der Waals surface area contributed by atoms with Gasteiger partial charge in [-0.25, -0.2) is 0 Å². The Morgan fingerprint density at radius 2 is 2.04 bits per heavy atom. The fourth-order valence-corrected chi connectivity index (χ4v) is 3.81.